The third-order valence-electron chi connectivity index (χ3n) is 3.71. The lowest BCUT2D eigenvalue weighted by Gasteiger charge is -2.38. The maximum Gasteiger partial charge on any atom is 0.410 e. The number of carbonyl (C=O) groups is 1. The standard InChI is InChI=1S/C16H26N2O4/c1-15(2,3)22-14(19)18-7-5-16(20,6-8-18)12-17-10-13-4-9-21-11-13/h4,9,11,17,20H,5-8,10,12H2,1-3H3. The first-order valence-electron chi connectivity index (χ1n) is 7.70. The number of amides is 1. The monoisotopic (exact) mass is 310 g/mol. The van der Waals surface area contributed by atoms with Gasteiger partial charge in [0.1, 0.15) is 5.60 Å². The number of furan rings is 1. The van der Waals surface area contributed by atoms with E-state index in [1.54, 1.807) is 17.4 Å². The molecule has 6 heteroatoms. The van der Waals surface area contributed by atoms with Crippen LogP contribution >= 0.6 is 0 Å². The van der Waals surface area contributed by atoms with Gasteiger partial charge in [-0.2, -0.15) is 0 Å². The number of piperidine rings is 1. The normalized spacial score (nSPS) is 18.3. The molecule has 1 amide bonds. The van der Waals surface area contributed by atoms with Crippen molar-refractivity contribution in [2.75, 3.05) is 19.6 Å². The van der Waals surface area contributed by atoms with Gasteiger partial charge >= 0.3 is 6.09 Å². The third-order valence-corrected chi connectivity index (χ3v) is 3.71. The van der Waals surface area contributed by atoms with E-state index in [0.717, 1.165) is 5.56 Å². The minimum Gasteiger partial charge on any atom is -0.472 e. The van der Waals surface area contributed by atoms with Crippen LogP contribution in [0.2, 0.25) is 0 Å². The van der Waals surface area contributed by atoms with Crippen LogP contribution in [0.3, 0.4) is 0 Å². The topological polar surface area (TPSA) is 74.9 Å². The lowest BCUT2D eigenvalue weighted by molar-refractivity contribution is -0.0310. The maximum absolute atomic E-state index is 12.0. The van der Waals surface area contributed by atoms with Crippen molar-refractivity contribution in [1.29, 1.82) is 0 Å². The van der Waals surface area contributed by atoms with Gasteiger partial charge in [-0.1, -0.05) is 0 Å². The van der Waals surface area contributed by atoms with E-state index in [2.05, 4.69) is 5.32 Å². The van der Waals surface area contributed by atoms with Crippen molar-refractivity contribution < 1.29 is 19.1 Å². The number of likely N-dealkylation sites (tertiary alicyclic amines) is 1. The average molecular weight is 310 g/mol. The Morgan fingerprint density at radius 1 is 1.45 bits per heavy atom. The molecule has 22 heavy (non-hydrogen) atoms. The summed E-state index contributed by atoms with van der Waals surface area (Å²) in [6, 6.07) is 1.89. The fourth-order valence-corrected chi connectivity index (χ4v) is 2.44. The molecule has 0 aromatic carbocycles. The second-order valence-electron chi connectivity index (χ2n) is 6.93. The summed E-state index contributed by atoms with van der Waals surface area (Å²) in [7, 11) is 0. The molecule has 0 unspecified atom stereocenters. The first-order valence-corrected chi connectivity index (χ1v) is 7.70. The second kappa shape index (κ2) is 6.71. The number of hydrogen-bond acceptors (Lipinski definition) is 5. The SMILES string of the molecule is CC(C)(C)OC(=O)N1CCC(O)(CNCc2ccoc2)CC1. The molecule has 0 saturated carbocycles. The predicted molar refractivity (Wildman–Crippen MR) is 82.4 cm³/mol. The molecular weight excluding hydrogens is 284 g/mol. The van der Waals surface area contributed by atoms with Crippen molar-refractivity contribution in [2.45, 2.75) is 51.4 Å². The van der Waals surface area contributed by atoms with Gasteiger partial charge in [0.25, 0.3) is 0 Å². The second-order valence-corrected chi connectivity index (χ2v) is 6.93. The number of nitrogens with one attached hydrogen (secondary N) is 1. The zero-order chi connectivity index (χ0) is 16.2. The molecule has 1 fully saturated rings. The van der Waals surface area contributed by atoms with Crippen LogP contribution in [-0.4, -0.2) is 46.9 Å². The minimum atomic E-state index is -0.776. The number of aliphatic hydroxyl groups is 1. The van der Waals surface area contributed by atoms with Crippen LogP contribution in [0, 0.1) is 0 Å². The summed E-state index contributed by atoms with van der Waals surface area (Å²) >= 11 is 0. The van der Waals surface area contributed by atoms with Gasteiger partial charge in [0.2, 0.25) is 0 Å². The molecule has 1 aromatic rings. The molecule has 0 bridgehead atoms. The molecule has 6 nitrogen and oxygen atoms in total. The Labute approximate surface area is 131 Å². The predicted octanol–water partition coefficient (Wildman–Crippen LogP) is 2.13. The van der Waals surface area contributed by atoms with Crippen LogP contribution in [-0.2, 0) is 11.3 Å². The molecule has 1 aliphatic rings. The van der Waals surface area contributed by atoms with E-state index in [0.29, 0.717) is 39.0 Å². The number of carbonyl (C=O) groups excluding carboxylic acids is 1. The molecule has 0 aliphatic carbocycles. The van der Waals surface area contributed by atoms with E-state index < -0.39 is 11.2 Å². The molecule has 1 saturated heterocycles. The summed E-state index contributed by atoms with van der Waals surface area (Å²) in [6.45, 7) is 7.74. The number of hydrogen-bond donors (Lipinski definition) is 2. The molecule has 0 spiro atoms. The van der Waals surface area contributed by atoms with Gasteiger partial charge in [0.05, 0.1) is 18.1 Å². The summed E-state index contributed by atoms with van der Waals surface area (Å²) in [4.78, 5) is 13.7. The Hall–Kier alpha value is -1.53. The highest BCUT2D eigenvalue weighted by molar-refractivity contribution is 5.68. The summed E-state index contributed by atoms with van der Waals surface area (Å²) in [5.41, 5.74) is -0.214. The van der Waals surface area contributed by atoms with Crippen LogP contribution < -0.4 is 5.32 Å². The van der Waals surface area contributed by atoms with E-state index in [4.69, 9.17) is 9.15 Å². The Kier molecular flexibility index (Phi) is 5.13. The van der Waals surface area contributed by atoms with Crippen LogP contribution in [0.4, 0.5) is 4.79 Å². The Balaban J connectivity index is 1.74. The quantitative estimate of drug-likeness (QED) is 0.891. The van der Waals surface area contributed by atoms with E-state index in [1.807, 2.05) is 26.8 Å². The first kappa shape index (κ1) is 16.8. The Bertz CT molecular complexity index is 471. The van der Waals surface area contributed by atoms with E-state index in [-0.39, 0.29) is 6.09 Å². The molecule has 1 aliphatic heterocycles. The van der Waals surface area contributed by atoms with Gasteiger partial charge in [-0.3, -0.25) is 0 Å². The Morgan fingerprint density at radius 2 is 2.14 bits per heavy atom. The van der Waals surface area contributed by atoms with Crippen LogP contribution in [0.1, 0.15) is 39.2 Å². The van der Waals surface area contributed by atoms with E-state index in [1.165, 1.54) is 0 Å². The van der Waals surface area contributed by atoms with Crippen molar-refractivity contribution in [1.82, 2.24) is 10.2 Å². The van der Waals surface area contributed by atoms with Crippen LogP contribution in [0.5, 0.6) is 0 Å². The number of ether oxygens (including phenoxy) is 1. The van der Waals surface area contributed by atoms with Gasteiger partial charge in [0.15, 0.2) is 0 Å². The Morgan fingerprint density at radius 3 is 2.68 bits per heavy atom. The van der Waals surface area contributed by atoms with E-state index in [9.17, 15) is 9.90 Å². The average Bonchev–Trinajstić information content (AvgIpc) is 2.90. The maximum atomic E-state index is 12.0. The summed E-state index contributed by atoms with van der Waals surface area (Å²) in [5, 5.41) is 13.8. The van der Waals surface area contributed by atoms with Crippen molar-refractivity contribution in [3.8, 4) is 0 Å². The summed E-state index contributed by atoms with van der Waals surface area (Å²) < 4.78 is 10.4. The molecule has 0 radical (unpaired) electrons. The van der Waals surface area contributed by atoms with Crippen molar-refractivity contribution in [3.05, 3.63) is 24.2 Å². The van der Waals surface area contributed by atoms with Gasteiger partial charge in [-0.15, -0.1) is 0 Å². The van der Waals surface area contributed by atoms with Gasteiger partial charge in [-0.05, 0) is 39.7 Å². The first-order chi connectivity index (χ1) is 10.3. The van der Waals surface area contributed by atoms with Crippen molar-refractivity contribution >= 4 is 6.09 Å². The van der Waals surface area contributed by atoms with Gasteiger partial charge in [-0.25, -0.2) is 4.79 Å². The minimum absolute atomic E-state index is 0.305. The molecule has 2 heterocycles. The molecule has 2 rings (SSSR count). The van der Waals surface area contributed by atoms with Crippen molar-refractivity contribution in [3.63, 3.8) is 0 Å². The largest absolute Gasteiger partial charge is 0.472 e. The zero-order valence-electron chi connectivity index (χ0n) is 13.6. The lowest BCUT2D eigenvalue weighted by Crippen LogP contribution is -2.51. The van der Waals surface area contributed by atoms with Gasteiger partial charge in [0, 0.05) is 31.7 Å². The zero-order valence-corrected chi connectivity index (χ0v) is 13.6. The molecule has 2 N–H and O–H groups in total. The molecule has 0 atom stereocenters. The molecule has 1 aromatic heterocycles. The fraction of sp³-hybridized carbons (Fsp3) is 0.688. The van der Waals surface area contributed by atoms with Crippen LogP contribution in [0.15, 0.2) is 23.0 Å². The van der Waals surface area contributed by atoms with E-state index >= 15 is 0 Å². The number of rotatable bonds is 4. The third kappa shape index (κ3) is 5.03. The highest BCUT2D eigenvalue weighted by Crippen LogP contribution is 2.23. The molecular formula is C16H26N2O4. The number of nitrogens with zero attached hydrogens (tertiary/aromatic N) is 1. The molecule has 124 valence electrons. The smallest absolute Gasteiger partial charge is 0.410 e. The lowest BCUT2D eigenvalue weighted by atomic mass is 9.91. The highest BCUT2D eigenvalue weighted by atomic mass is 16.6. The van der Waals surface area contributed by atoms with Gasteiger partial charge < -0.3 is 24.5 Å². The highest BCUT2D eigenvalue weighted by Gasteiger charge is 2.35. The summed E-state index contributed by atoms with van der Waals surface area (Å²) in [5.74, 6) is 0. The van der Waals surface area contributed by atoms with Crippen molar-refractivity contribution in [2.24, 2.45) is 0 Å². The summed E-state index contributed by atoms with van der Waals surface area (Å²) in [6.07, 6.45) is 4.10. The fourth-order valence-electron chi connectivity index (χ4n) is 2.44. The van der Waals surface area contributed by atoms with Crippen LogP contribution in [0.25, 0.3) is 0 Å².